The largest absolute Gasteiger partial charge is 0.433 e. The van der Waals surface area contributed by atoms with E-state index in [0.29, 0.717) is 0 Å². The van der Waals surface area contributed by atoms with Crippen molar-refractivity contribution in [1.29, 1.82) is 0 Å². The first-order chi connectivity index (χ1) is 4.61. The fraction of sp³-hybridized carbons (Fsp3) is 0. The topological polar surface area (TPSA) is 17.1 Å². The molecule has 0 spiro atoms. The van der Waals surface area contributed by atoms with Crippen molar-refractivity contribution < 1.29 is 13.0 Å². The summed E-state index contributed by atoms with van der Waals surface area (Å²) < 4.78 is 34.1. The molecule has 10 heavy (non-hydrogen) atoms. The van der Waals surface area contributed by atoms with Crippen molar-refractivity contribution in [3.8, 4) is 0 Å². The zero-order valence-electron chi connectivity index (χ0n) is 5.00. The van der Waals surface area contributed by atoms with Crippen LogP contribution >= 0.6 is 7.76 Å². The van der Waals surface area contributed by atoms with E-state index >= 15 is 0 Å². The van der Waals surface area contributed by atoms with Gasteiger partial charge in [-0.05, 0) is 12.1 Å². The molecule has 4 heteroatoms. The molecule has 54 valence electrons. The second kappa shape index (κ2) is 2.51. The van der Waals surface area contributed by atoms with Crippen molar-refractivity contribution in [2.45, 2.75) is 0 Å². The van der Waals surface area contributed by atoms with Gasteiger partial charge in [-0.1, -0.05) is 18.2 Å². The Balaban J connectivity index is 3.09. The van der Waals surface area contributed by atoms with Crippen LogP contribution in [0, 0.1) is 0 Å². The Kier molecular flexibility index (Phi) is 1.86. The van der Waals surface area contributed by atoms with Gasteiger partial charge in [0.1, 0.15) is 0 Å². The third-order valence-corrected chi connectivity index (χ3v) is 1.96. The van der Waals surface area contributed by atoms with Gasteiger partial charge in [-0.25, -0.2) is 4.57 Å². The van der Waals surface area contributed by atoms with Crippen molar-refractivity contribution in [1.82, 2.24) is 0 Å². The fourth-order valence-electron chi connectivity index (χ4n) is 0.602. The van der Waals surface area contributed by atoms with E-state index in [0.717, 1.165) is 12.1 Å². The molecule has 0 amide bonds. The van der Waals surface area contributed by atoms with Gasteiger partial charge < -0.3 is 0 Å². The van der Waals surface area contributed by atoms with E-state index in [9.17, 15) is 13.0 Å². The van der Waals surface area contributed by atoms with E-state index in [1.807, 2.05) is 0 Å². The first-order valence-electron chi connectivity index (χ1n) is 2.65. The molecule has 1 rings (SSSR count). The lowest BCUT2D eigenvalue weighted by atomic mass is 10.4. The highest BCUT2D eigenvalue weighted by molar-refractivity contribution is 7.61. The van der Waals surface area contributed by atoms with Crippen LogP contribution in [0.25, 0.3) is 0 Å². The summed E-state index contributed by atoms with van der Waals surface area (Å²) in [5, 5.41) is -0.380. The van der Waals surface area contributed by atoms with Gasteiger partial charge in [-0.2, -0.15) is 0 Å². The maximum atomic E-state index is 12.0. The summed E-state index contributed by atoms with van der Waals surface area (Å²) in [5.74, 6) is 0. The normalized spacial score (nSPS) is 11.4. The quantitative estimate of drug-likeness (QED) is 0.579. The van der Waals surface area contributed by atoms with Crippen molar-refractivity contribution in [2.24, 2.45) is 0 Å². The Morgan fingerprint density at radius 3 is 1.90 bits per heavy atom. The number of rotatable bonds is 1. The molecule has 1 aromatic carbocycles. The van der Waals surface area contributed by atoms with Crippen LogP contribution < -0.4 is 5.30 Å². The zero-order valence-corrected chi connectivity index (χ0v) is 5.89. The van der Waals surface area contributed by atoms with E-state index in [1.165, 1.54) is 12.1 Å². The number of benzene rings is 1. The lowest BCUT2D eigenvalue weighted by molar-refractivity contribution is 0.507. The monoisotopic (exact) mass is 162 g/mol. The van der Waals surface area contributed by atoms with E-state index in [1.54, 1.807) is 6.07 Å². The summed E-state index contributed by atoms with van der Waals surface area (Å²) in [6, 6.07) is 6.77. The van der Waals surface area contributed by atoms with Gasteiger partial charge in [0, 0.05) is 0 Å². The Morgan fingerprint density at radius 2 is 1.60 bits per heavy atom. The first-order valence-corrected chi connectivity index (χ1v) is 4.14. The Bertz CT molecular complexity index is 254. The van der Waals surface area contributed by atoms with Crippen LogP contribution in [0.2, 0.25) is 0 Å². The third kappa shape index (κ3) is 1.64. The van der Waals surface area contributed by atoms with Crippen LogP contribution in [0.15, 0.2) is 30.3 Å². The lowest BCUT2D eigenvalue weighted by Gasteiger charge is -1.95. The minimum absolute atomic E-state index is 0.380. The maximum Gasteiger partial charge on any atom is 0.433 e. The molecule has 0 saturated carbocycles. The van der Waals surface area contributed by atoms with Crippen molar-refractivity contribution in [2.75, 3.05) is 0 Å². The molecule has 1 nitrogen and oxygen atoms in total. The number of hydrogen-bond donors (Lipinski definition) is 0. The molecule has 0 radical (unpaired) electrons. The van der Waals surface area contributed by atoms with Gasteiger partial charge in [0.15, 0.2) is 0 Å². The van der Waals surface area contributed by atoms with E-state index in [-0.39, 0.29) is 5.30 Å². The Morgan fingerprint density at radius 1 is 1.10 bits per heavy atom. The second-order valence-electron chi connectivity index (χ2n) is 1.80. The average molecular weight is 162 g/mol. The molecule has 0 fully saturated rings. The highest BCUT2D eigenvalue weighted by atomic mass is 31.2. The Hall–Kier alpha value is -0.690. The van der Waals surface area contributed by atoms with E-state index in [2.05, 4.69) is 0 Å². The van der Waals surface area contributed by atoms with Gasteiger partial charge in [-0.15, -0.1) is 8.39 Å². The highest BCUT2D eigenvalue weighted by Crippen LogP contribution is 2.47. The molecule has 0 aliphatic carbocycles. The molecule has 0 atom stereocenters. The van der Waals surface area contributed by atoms with Gasteiger partial charge in [0.05, 0.1) is 5.30 Å². The average Bonchev–Trinajstić information content (AvgIpc) is 1.88. The van der Waals surface area contributed by atoms with E-state index in [4.69, 9.17) is 0 Å². The molecular weight excluding hydrogens is 157 g/mol. The summed E-state index contributed by atoms with van der Waals surface area (Å²) in [5.41, 5.74) is 0. The standard InChI is InChI=1S/C6H5F2OP/c7-10(8,9)6-4-2-1-3-5-6/h1-5H. The number of hydrogen-bond acceptors (Lipinski definition) is 1. The molecule has 0 heterocycles. The molecule has 0 saturated heterocycles. The first kappa shape index (κ1) is 7.42. The van der Waals surface area contributed by atoms with Crippen LogP contribution in [0.3, 0.4) is 0 Å². The predicted octanol–water partition coefficient (Wildman–Crippen LogP) is 2.44. The molecular formula is C6H5F2OP. The number of halogens is 2. The summed E-state index contributed by atoms with van der Waals surface area (Å²) in [6.45, 7) is 0. The summed E-state index contributed by atoms with van der Waals surface area (Å²) in [7, 11) is -5.02. The van der Waals surface area contributed by atoms with Gasteiger partial charge >= 0.3 is 7.76 Å². The summed E-state index contributed by atoms with van der Waals surface area (Å²) in [4.78, 5) is 0. The van der Waals surface area contributed by atoms with Crippen molar-refractivity contribution >= 4 is 13.1 Å². The molecule has 0 bridgehead atoms. The Labute approximate surface area is 57.3 Å². The van der Waals surface area contributed by atoms with Crippen LogP contribution in [0.1, 0.15) is 0 Å². The third-order valence-electron chi connectivity index (χ3n) is 1.06. The molecule has 0 unspecified atom stereocenters. The SMILES string of the molecule is O=P(F)(F)c1ccccc1. The van der Waals surface area contributed by atoms with E-state index < -0.39 is 7.76 Å². The van der Waals surface area contributed by atoms with Crippen LogP contribution in [-0.2, 0) is 4.57 Å². The molecule has 0 aliphatic rings. The molecule has 0 N–H and O–H groups in total. The molecule has 1 aromatic rings. The maximum absolute atomic E-state index is 12.0. The van der Waals surface area contributed by atoms with Crippen LogP contribution in [0.4, 0.5) is 8.39 Å². The fourth-order valence-corrected chi connectivity index (χ4v) is 1.12. The summed E-state index contributed by atoms with van der Waals surface area (Å²) >= 11 is 0. The second-order valence-corrected chi connectivity index (χ2v) is 3.24. The smallest absolute Gasteiger partial charge is 0.244 e. The van der Waals surface area contributed by atoms with Crippen LogP contribution in [0.5, 0.6) is 0 Å². The lowest BCUT2D eigenvalue weighted by Crippen LogP contribution is -1.94. The van der Waals surface area contributed by atoms with Gasteiger partial charge in [-0.3, -0.25) is 0 Å². The van der Waals surface area contributed by atoms with Crippen LogP contribution in [-0.4, -0.2) is 0 Å². The predicted molar refractivity (Wildman–Crippen MR) is 35.9 cm³/mol. The van der Waals surface area contributed by atoms with Crippen molar-refractivity contribution in [3.05, 3.63) is 30.3 Å². The zero-order chi connectivity index (χ0) is 7.61. The van der Waals surface area contributed by atoms with Gasteiger partial charge in [0.2, 0.25) is 0 Å². The molecule has 0 aliphatic heterocycles. The van der Waals surface area contributed by atoms with Crippen molar-refractivity contribution in [3.63, 3.8) is 0 Å². The molecule has 0 aromatic heterocycles. The van der Waals surface area contributed by atoms with Gasteiger partial charge in [0.25, 0.3) is 0 Å². The highest BCUT2D eigenvalue weighted by Gasteiger charge is 2.20. The minimum Gasteiger partial charge on any atom is -0.244 e. The minimum atomic E-state index is -5.02. The summed E-state index contributed by atoms with van der Waals surface area (Å²) in [6.07, 6.45) is 0.